The highest BCUT2D eigenvalue weighted by Crippen LogP contribution is 2.16. The molecule has 1 N–H and O–H groups in total. The van der Waals surface area contributed by atoms with E-state index in [1.165, 1.54) is 11.5 Å². The van der Waals surface area contributed by atoms with E-state index in [2.05, 4.69) is 20.6 Å². The van der Waals surface area contributed by atoms with Crippen molar-refractivity contribution in [1.82, 2.24) is 9.36 Å². The zero-order valence-electron chi connectivity index (χ0n) is 8.09. The molecule has 0 aromatic carbocycles. The number of nitrogens with zero attached hydrogens (tertiary/aromatic N) is 2. The van der Waals surface area contributed by atoms with Crippen LogP contribution in [0.5, 0.6) is 0 Å². The summed E-state index contributed by atoms with van der Waals surface area (Å²) < 4.78 is 4.15. The first-order valence-electron chi connectivity index (χ1n) is 4.16. The lowest BCUT2D eigenvalue weighted by molar-refractivity contribution is 0.739. The monoisotopic (exact) mass is 195 g/mol. The second-order valence-corrected chi connectivity index (χ2v) is 4.02. The molecule has 0 aliphatic heterocycles. The van der Waals surface area contributed by atoms with Crippen LogP contribution in [-0.4, -0.2) is 14.9 Å². The van der Waals surface area contributed by atoms with Crippen molar-refractivity contribution in [3.05, 3.63) is 5.82 Å². The second-order valence-electron chi connectivity index (χ2n) is 3.26. The smallest absolute Gasteiger partial charge is 0.203 e. The molecule has 0 amide bonds. The molecule has 13 heavy (non-hydrogen) atoms. The van der Waals surface area contributed by atoms with E-state index < -0.39 is 0 Å². The highest BCUT2D eigenvalue weighted by atomic mass is 32.1. The van der Waals surface area contributed by atoms with Crippen molar-refractivity contribution in [2.75, 3.05) is 5.32 Å². The number of anilines is 1. The zero-order chi connectivity index (χ0) is 9.90. The van der Waals surface area contributed by atoms with Crippen LogP contribution in [-0.2, 0) is 6.42 Å². The van der Waals surface area contributed by atoms with Gasteiger partial charge in [0.05, 0.1) is 5.54 Å². The minimum Gasteiger partial charge on any atom is -0.345 e. The Kier molecular flexibility index (Phi) is 2.89. The van der Waals surface area contributed by atoms with Crippen LogP contribution in [0.25, 0.3) is 0 Å². The summed E-state index contributed by atoms with van der Waals surface area (Å²) in [7, 11) is 0. The van der Waals surface area contributed by atoms with E-state index >= 15 is 0 Å². The molecule has 0 spiro atoms. The predicted octanol–water partition coefficient (Wildman–Crippen LogP) is 1.92. The summed E-state index contributed by atoms with van der Waals surface area (Å²) in [6.45, 7) is 5.89. The van der Waals surface area contributed by atoms with Crippen molar-refractivity contribution < 1.29 is 0 Å². The summed E-state index contributed by atoms with van der Waals surface area (Å²) in [5.74, 6) is 3.51. The van der Waals surface area contributed by atoms with Gasteiger partial charge in [-0.25, -0.2) is 4.98 Å². The molecule has 1 aromatic rings. The number of hydrogen-bond acceptors (Lipinski definition) is 4. The molecule has 1 heterocycles. The van der Waals surface area contributed by atoms with Crippen molar-refractivity contribution >= 4 is 16.7 Å². The van der Waals surface area contributed by atoms with Crippen LogP contribution in [0.1, 0.15) is 26.6 Å². The van der Waals surface area contributed by atoms with Gasteiger partial charge in [-0.3, -0.25) is 0 Å². The van der Waals surface area contributed by atoms with Gasteiger partial charge in [0.1, 0.15) is 5.82 Å². The third-order valence-corrected chi connectivity index (χ3v) is 2.23. The molecule has 70 valence electrons. The van der Waals surface area contributed by atoms with Gasteiger partial charge in [0.15, 0.2) is 0 Å². The second kappa shape index (κ2) is 3.75. The van der Waals surface area contributed by atoms with Crippen LogP contribution in [0, 0.1) is 12.3 Å². The highest BCUT2D eigenvalue weighted by molar-refractivity contribution is 7.09. The molecule has 0 saturated carbocycles. The molecule has 0 saturated heterocycles. The quantitative estimate of drug-likeness (QED) is 0.749. The fraction of sp³-hybridized carbons (Fsp3) is 0.556. The first-order valence-corrected chi connectivity index (χ1v) is 4.93. The highest BCUT2D eigenvalue weighted by Gasteiger charge is 2.15. The molecule has 0 unspecified atom stereocenters. The molecular weight excluding hydrogens is 182 g/mol. The molecule has 1 aromatic heterocycles. The summed E-state index contributed by atoms with van der Waals surface area (Å²) >= 11 is 1.35. The van der Waals surface area contributed by atoms with Crippen molar-refractivity contribution in [2.45, 2.75) is 32.7 Å². The molecule has 0 radical (unpaired) electrons. The lowest BCUT2D eigenvalue weighted by Crippen LogP contribution is -2.28. The summed E-state index contributed by atoms with van der Waals surface area (Å²) in [4.78, 5) is 4.26. The van der Waals surface area contributed by atoms with E-state index in [0.29, 0.717) is 0 Å². The molecular formula is C9H13N3S. The van der Waals surface area contributed by atoms with E-state index in [0.717, 1.165) is 17.4 Å². The predicted molar refractivity (Wildman–Crippen MR) is 55.8 cm³/mol. The van der Waals surface area contributed by atoms with Gasteiger partial charge in [-0.05, 0) is 13.8 Å². The van der Waals surface area contributed by atoms with E-state index in [1.54, 1.807) is 0 Å². The van der Waals surface area contributed by atoms with Gasteiger partial charge < -0.3 is 5.32 Å². The molecule has 0 fully saturated rings. The average molecular weight is 195 g/mol. The molecule has 0 aliphatic carbocycles. The van der Waals surface area contributed by atoms with E-state index in [1.807, 2.05) is 20.8 Å². The van der Waals surface area contributed by atoms with Gasteiger partial charge in [0, 0.05) is 18.0 Å². The SMILES string of the molecule is C#CC(C)(C)Nc1nc(CC)ns1. The molecule has 3 nitrogen and oxygen atoms in total. The molecule has 1 rings (SSSR count). The van der Waals surface area contributed by atoms with E-state index in [-0.39, 0.29) is 5.54 Å². The number of hydrogen-bond donors (Lipinski definition) is 1. The van der Waals surface area contributed by atoms with Crippen molar-refractivity contribution in [1.29, 1.82) is 0 Å². The van der Waals surface area contributed by atoms with Crippen LogP contribution >= 0.6 is 11.5 Å². The average Bonchev–Trinajstić information content (AvgIpc) is 2.52. The Hall–Kier alpha value is -1.08. The molecule has 0 atom stereocenters. The standard InChI is InChI=1S/C9H13N3S/c1-5-7-10-8(13-12-7)11-9(3,4)6-2/h2H,5H2,1,3-4H3,(H,10,11,12). The summed E-state index contributed by atoms with van der Waals surface area (Å²) in [5.41, 5.74) is -0.357. The topological polar surface area (TPSA) is 37.8 Å². The maximum absolute atomic E-state index is 5.34. The molecule has 0 bridgehead atoms. The summed E-state index contributed by atoms with van der Waals surface area (Å²) in [5, 5.41) is 3.92. The lowest BCUT2D eigenvalue weighted by atomic mass is 10.1. The zero-order valence-corrected chi connectivity index (χ0v) is 8.90. The Balaban J connectivity index is 2.70. The van der Waals surface area contributed by atoms with Gasteiger partial charge >= 0.3 is 0 Å². The normalized spacial score (nSPS) is 10.9. The molecule has 4 heteroatoms. The van der Waals surface area contributed by atoms with Gasteiger partial charge in [-0.15, -0.1) is 6.42 Å². The number of aromatic nitrogens is 2. The van der Waals surface area contributed by atoms with E-state index in [4.69, 9.17) is 6.42 Å². The van der Waals surface area contributed by atoms with Gasteiger partial charge in [-0.1, -0.05) is 12.8 Å². The number of terminal acetylenes is 1. The maximum atomic E-state index is 5.34. The molecule has 0 aliphatic rings. The van der Waals surface area contributed by atoms with Gasteiger partial charge in [-0.2, -0.15) is 4.37 Å². The van der Waals surface area contributed by atoms with Crippen LogP contribution in [0.3, 0.4) is 0 Å². The maximum Gasteiger partial charge on any atom is 0.203 e. The van der Waals surface area contributed by atoms with Gasteiger partial charge in [0.25, 0.3) is 0 Å². The number of nitrogens with one attached hydrogen (secondary N) is 1. The van der Waals surface area contributed by atoms with Crippen LogP contribution in [0.2, 0.25) is 0 Å². The Morgan fingerprint density at radius 2 is 2.31 bits per heavy atom. The Labute approximate surface area is 82.8 Å². The third-order valence-electron chi connectivity index (χ3n) is 1.56. The van der Waals surface area contributed by atoms with Crippen LogP contribution in [0.15, 0.2) is 0 Å². The van der Waals surface area contributed by atoms with Crippen LogP contribution in [0.4, 0.5) is 5.13 Å². The number of rotatable bonds is 3. The summed E-state index contributed by atoms with van der Waals surface area (Å²) in [6.07, 6.45) is 6.19. The van der Waals surface area contributed by atoms with Gasteiger partial charge in [0.2, 0.25) is 5.13 Å². The minimum absolute atomic E-state index is 0.357. The van der Waals surface area contributed by atoms with Crippen molar-refractivity contribution in [3.63, 3.8) is 0 Å². The lowest BCUT2D eigenvalue weighted by Gasteiger charge is -2.17. The summed E-state index contributed by atoms with van der Waals surface area (Å²) in [6, 6.07) is 0. The minimum atomic E-state index is -0.357. The van der Waals surface area contributed by atoms with E-state index in [9.17, 15) is 0 Å². The van der Waals surface area contributed by atoms with Crippen molar-refractivity contribution in [2.24, 2.45) is 0 Å². The van der Waals surface area contributed by atoms with Crippen LogP contribution < -0.4 is 5.32 Å². The Bertz CT molecular complexity index is 322. The number of aryl methyl sites for hydroxylation is 1. The first-order chi connectivity index (χ1) is 6.07. The third kappa shape index (κ3) is 2.71. The first kappa shape index (κ1) is 10.0. The fourth-order valence-electron chi connectivity index (χ4n) is 0.752. The Morgan fingerprint density at radius 1 is 1.62 bits per heavy atom. The van der Waals surface area contributed by atoms with Crippen molar-refractivity contribution in [3.8, 4) is 12.3 Å². The fourth-order valence-corrected chi connectivity index (χ4v) is 1.56. The Morgan fingerprint density at radius 3 is 2.77 bits per heavy atom. The largest absolute Gasteiger partial charge is 0.345 e.